The van der Waals surface area contributed by atoms with E-state index in [2.05, 4.69) is 31.6 Å². The molecule has 8 nitrogen and oxygen atoms in total. The molecule has 1 atom stereocenters. The number of aromatic amines is 1. The third-order valence-electron chi connectivity index (χ3n) is 6.81. The van der Waals surface area contributed by atoms with Crippen LogP contribution in [0.3, 0.4) is 0 Å². The molecule has 2 fully saturated rings. The molecule has 36 heavy (non-hydrogen) atoms. The number of morpholine rings is 2. The summed E-state index contributed by atoms with van der Waals surface area (Å²) in [6.07, 6.45) is 3.70. The zero-order valence-electron chi connectivity index (χ0n) is 20.0. The third-order valence-corrected chi connectivity index (χ3v) is 6.81. The molecule has 8 heteroatoms. The Morgan fingerprint density at radius 1 is 1.03 bits per heavy atom. The highest BCUT2D eigenvalue weighted by Gasteiger charge is 2.22. The molecule has 3 N–H and O–H groups in total. The van der Waals surface area contributed by atoms with Crippen molar-refractivity contribution in [3.8, 4) is 11.1 Å². The number of nitrogens with zero attached hydrogens (tertiary/aromatic N) is 2. The number of H-pyrrole nitrogens is 1. The maximum Gasteiger partial charge on any atom is 0.255 e. The molecule has 6 rings (SSSR count). The molecule has 0 saturated carbocycles. The number of hydrogen-bond donors (Lipinski definition) is 3. The lowest BCUT2D eigenvalue weighted by atomic mass is 9.99. The Morgan fingerprint density at radius 3 is 2.78 bits per heavy atom. The molecule has 2 aromatic carbocycles. The van der Waals surface area contributed by atoms with Gasteiger partial charge in [0.25, 0.3) is 5.91 Å². The number of anilines is 2. The van der Waals surface area contributed by atoms with E-state index >= 15 is 0 Å². The van der Waals surface area contributed by atoms with Crippen LogP contribution in [0, 0.1) is 0 Å². The summed E-state index contributed by atoms with van der Waals surface area (Å²) >= 11 is 0. The van der Waals surface area contributed by atoms with E-state index in [-0.39, 0.29) is 12.0 Å². The zero-order chi connectivity index (χ0) is 24.3. The second-order valence-corrected chi connectivity index (χ2v) is 9.03. The molecule has 4 heterocycles. The monoisotopic (exact) mass is 483 g/mol. The van der Waals surface area contributed by atoms with Crippen molar-refractivity contribution < 1.29 is 14.3 Å². The van der Waals surface area contributed by atoms with Gasteiger partial charge in [-0.25, -0.2) is 0 Å². The second-order valence-electron chi connectivity index (χ2n) is 9.03. The molecule has 1 amide bonds. The number of rotatable bonds is 5. The number of amides is 1. The van der Waals surface area contributed by atoms with Crippen molar-refractivity contribution in [2.75, 3.05) is 56.2 Å². The number of carbonyl (C=O) groups is 1. The minimum absolute atomic E-state index is 0.0866. The number of carbonyl (C=O) groups excluding carboxylic acids is 1. The first kappa shape index (κ1) is 22.7. The van der Waals surface area contributed by atoms with E-state index in [0.29, 0.717) is 25.4 Å². The molecular formula is C28H29N5O3. The van der Waals surface area contributed by atoms with Crippen LogP contribution in [0.2, 0.25) is 0 Å². The predicted molar refractivity (Wildman–Crippen MR) is 141 cm³/mol. The average molecular weight is 484 g/mol. The number of hydrogen-bond acceptors (Lipinski definition) is 6. The van der Waals surface area contributed by atoms with Gasteiger partial charge in [-0.1, -0.05) is 24.3 Å². The molecule has 0 aliphatic carbocycles. The van der Waals surface area contributed by atoms with Gasteiger partial charge in [0, 0.05) is 66.2 Å². The largest absolute Gasteiger partial charge is 0.378 e. The van der Waals surface area contributed by atoms with Gasteiger partial charge >= 0.3 is 0 Å². The zero-order valence-corrected chi connectivity index (χ0v) is 20.0. The fourth-order valence-corrected chi connectivity index (χ4v) is 4.99. The topological polar surface area (TPSA) is 91.5 Å². The smallest absolute Gasteiger partial charge is 0.255 e. The van der Waals surface area contributed by atoms with Crippen molar-refractivity contribution in [2.24, 2.45) is 0 Å². The van der Waals surface area contributed by atoms with E-state index < -0.39 is 0 Å². The number of fused-ring (bicyclic) bond motifs is 1. The van der Waals surface area contributed by atoms with Crippen LogP contribution in [0.5, 0.6) is 0 Å². The van der Waals surface area contributed by atoms with Crippen molar-refractivity contribution in [1.82, 2.24) is 15.3 Å². The molecule has 2 aliphatic rings. The molecular weight excluding hydrogens is 454 g/mol. The normalized spacial score (nSPS) is 18.3. The van der Waals surface area contributed by atoms with Gasteiger partial charge in [0.1, 0.15) is 6.10 Å². The van der Waals surface area contributed by atoms with E-state index in [1.54, 1.807) is 0 Å². The van der Waals surface area contributed by atoms with E-state index in [1.807, 2.05) is 60.9 Å². The summed E-state index contributed by atoms with van der Waals surface area (Å²) in [5.41, 5.74) is 6.32. The Balaban J connectivity index is 1.27. The van der Waals surface area contributed by atoms with Gasteiger partial charge in [-0.2, -0.15) is 0 Å². The lowest BCUT2D eigenvalue weighted by Gasteiger charge is -2.30. The van der Waals surface area contributed by atoms with Crippen LogP contribution < -0.4 is 15.5 Å². The highest BCUT2D eigenvalue weighted by Crippen LogP contribution is 2.34. The first-order chi connectivity index (χ1) is 17.8. The second kappa shape index (κ2) is 10.1. The van der Waals surface area contributed by atoms with Gasteiger partial charge in [0.2, 0.25) is 0 Å². The van der Waals surface area contributed by atoms with E-state index in [0.717, 1.165) is 65.3 Å². The average Bonchev–Trinajstić information content (AvgIpc) is 3.37. The van der Waals surface area contributed by atoms with Gasteiger partial charge in [0.15, 0.2) is 0 Å². The Labute approximate surface area is 209 Å². The third kappa shape index (κ3) is 4.46. The quantitative estimate of drug-likeness (QED) is 0.398. The van der Waals surface area contributed by atoms with Crippen LogP contribution in [0.1, 0.15) is 22.2 Å². The van der Waals surface area contributed by atoms with Crippen LogP contribution >= 0.6 is 0 Å². The summed E-state index contributed by atoms with van der Waals surface area (Å²) < 4.78 is 11.5. The molecule has 4 aromatic rings. The minimum atomic E-state index is -0.141. The molecule has 2 aliphatic heterocycles. The number of ether oxygens (including phenoxy) is 2. The van der Waals surface area contributed by atoms with Crippen LogP contribution in [0.4, 0.5) is 11.4 Å². The van der Waals surface area contributed by atoms with Gasteiger partial charge in [-0.05, 0) is 30.3 Å². The molecule has 2 aromatic heterocycles. The van der Waals surface area contributed by atoms with Gasteiger partial charge < -0.3 is 30.0 Å². The maximum atomic E-state index is 13.2. The van der Waals surface area contributed by atoms with Crippen molar-refractivity contribution in [1.29, 1.82) is 0 Å². The maximum absolute atomic E-state index is 13.2. The van der Waals surface area contributed by atoms with Gasteiger partial charge in [-0.15, -0.1) is 0 Å². The Bertz CT molecular complexity index is 1370. The van der Waals surface area contributed by atoms with Crippen molar-refractivity contribution in [3.63, 3.8) is 0 Å². The van der Waals surface area contributed by atoms with E-state index in [4.69, 9.17) is 9.47 Å². The van der Waals surface area contributed by atoms with E-state index in [9.17, 15) is 4.79 Å². The fraction of sp³-hybridized carbons (Fsp3) is 0.286. The van der Waals surface area contributed by atoms with Gasteiger partial charge in [-0.3, -0.25) is 9.78 Å². The number of aromatic nitrogens is 2. The van der Waals surface area contributed by atoms with Crippen LogP contribution in [-0.2, 0) is 9.47 Å². The Kier molecular flexibility index (Phi) is 6.38. The summed E-state index contributed by atoms with van der Waals surface area (Å²) in [7, 11) is 0. The number of para-hydroxylation sites is 2. The van der Waals surface area contributed by atoms with Crippen molar-refractivity contribution >= 4 is 28.2 Å². The first-order valence-electron chi connectivity index (χ1n) is 12.4. The Hall–Kier alpha value is -3.72. The molecule has 184 valence electrons. The summed E-state index contributed by atoms with van der Waals surface area (Å²) in [6.45, 7) is 5.26. The highest BCUT2D eigenvalue weighted by atomic mass is 16.5. The van der Waals surface area contributed by atoms with Crippen LogP contribution in [0.15, 0.2) is 67.0 Å². The highest BCUT2D eigenvalue weighted by molar-refractivity contribution is 6.08. The SMILES string of the molecule is O=C(Nc1ccccc1N1CCOCC1)c1ccc2c(-c3cccnc3C3CNCCO3)c[nH]c2c1. The van der Waals surface area contributed by atoms with Gasteiger partial charge in [0.05, 0.1) is 36.9 Å². The molecule has 0 bridgehead atoms. The lowest BCUT2D eigenvalue weighted by Crippen LogP contribution is -2.36. The number of nitrogens with one attached hydrogen (secondary N) is 3. The molecule has 0 radical (unpaired) electrons. The summed E-state index contributed by atoms with van der Waals surface area (Å²) in [5, 5.41) is 7.53. The summed E-state index contributed by atoms with van der Waals surface area (Å²) in [5.74, 6) is -0.141. The first-order valence-corrected chi connectivity index (χ1v) is 12.4. The standard InChI is InChI=1S/C28H29N5O3/c34-28(32-23-5-1-2-6-25(23)33-11-14-35-15-12-33)19-7-8-20-22(17-31-24(20)16-19)21-4-3-9-30-27(21)26-18-29-10-13-36-26/h1-9,16-17,26,29,31H,10-15,18H2,(H,32,34). The Morgan fingerprint density at radius 2 is 1.92 bits per heavy atom. The van der Waals surface area contributed by atoms with Crippen LogP contribution in [-0.4, -0.2) is 61.9 Å². The summed E-state index contributed by atoms with van der Waals surface area (Å²) in [6, 6.07) is 17.7. The number of pyridine rings is 1. The van der Waals surface area contributed by atoms with E-state index in [1.165, 1.54) is 0 Å². The fourth-order valence-electron chi connectivity index (χ4n) is 4.99. The molecule has 2 saturated heterocycles. The predicted octanol–water partition coefficient (Wildman–Crippen LogP) is 3.98. The van der Waals surface area contributed by atoms with Crippen molar-refractivity contribution in [2.45, 2.75) is 6.10 Å². The number of benzene rings is 2. The summed E-state index contributed by atoms with van der Waals surface area (Å²) in [4.78, 5) is 23.5. The molecule has 0 spiro atoms. The van der Waals surface area contributed by atoms with Crippen molar-refractivity contribution in [3.05, 3.63) is 78.2 Å². The molecule has 1 unspecified atom stereocenters. The lowest BCUT2D eigenvalue weighted by molar-refractivity contribution is 0.0254. The van der Waals surface area contributed by atoms with Crippen LogP contribution in [0.25, 0.3) is 22.0 Å². The minimum Gasteiger partial charge on any atom is -0.378 e.